The number of allylic oxidation sites excluding steroid dienone is 2. The topological polar surface area (TPSA) is 88.3 Å². The SMILES string of the molecule is C=C(CC)C(=O)N(CC12CCC(c3nc(C4CC4)no3)=C(C1)C2)c1cccc(-c2cccc(NC=O)c2)c1.CC.CF. The minimum atomic E-state index is -0.0235. The number of alkyl halides is 1. The quantitative estimate of drug-likeness (QED) is 0.196. The highest BCUT2D eigenvalue weighted by molar-refractivity contribution is 6.05. The predicted molar refractivity (Wildman–Crippen MR) is 166 cm³/mol. The Morgan fingerprint density at radius 1 is 1.14 bits per heavy atom. The van der Waals surface area contributed by atoms with Crippen LogP contribution in [-0.4, -0.2) is 36.2 Å². The Bertz CT molecular complexity index is 1450. The molecule has 0 aliphatic heterocycles. The Hall–Kier alpha value is -4.07. The van der Waals surface area contributed by atoms with Crippen LogP contribution in [-0.2, 0) is 9.59 Å². The number of hydrogen-bond acceptors (Lipinski definition) is 5. The first-order valence-corrected chi connectivity index (χ1v) is 14.8. The minimum Gasteiger partial charge on any atom is -0.334 e. The number of rotatable bonds is 10. The third kappa shape index (κ3) is 6.53. The van der Waals surface area contributed by atoms with Crippen molar-refractivity contribution in [2.45, 2.75) is 71.6 Å². The standard InChI is InChI=1S/C31H32N4O3.C2H6.CH3F/c1-3-20(2)30(37)35(26-9-5-7-23(15-26)22-6-4-8-25(14-22)32-19-36)18-31-13-12-27(24(16-31)17-31)29-33-28(34-38-29)21-10-11-21;2*1-2/h4-9,14-15,19,21H,2-3,10-13,16-18H2,1H3,(H,32,36);1-2H3;1H3. The highest BCUT2D eigenvalue weighted by Gasteiger charge is 2.48. The van der Waals surface area contributed by atoms with Gasteiger partial charge in [-0.3, -0.25) is 14.0 Å². The van der Waals surface area contributed by atoms with Gasteiger partial charge < -0.3 is 14.7 Å². The molecule has 222 valence electrons. The average Bonchev–Trinajstić information content (AvgIpc) is 3.77. The van der Waals surface area contributed by atoms with Crippen molar-refractivity contribution >= 4 is 29.3 Å². The molecule has 4 aliphatic rings. The van der Waals surface area contributed by atoms with Gasteiger partial charge in [0.1, 0.15) is 0 Å². The maximum Gasteiger partial charge on any atom is 0.253 e. The van der Waals surface area contributed by atoms with E-state index in [1.165, 1.54) is 11.1 Å². The van der Waals surface area contributed by atoms with E-state index in [2.05, 4.69) is 28.1 Å². The second-order valence-corrected chi connectivity index (χ2v) is 10.9. The Kier molecular flexibility index (Phi) is 10.1. The zero-order valence-corrected chi connectivity index (χ0v) is 25.1. The largest absolute Gasteiger partial charge is 0.334 e. The molecule has 42 heavy (non-hydrogen) atoms. The number of carbonyl (C=O) groups is 2. The molecule has 2 amide bonds. The van der Waals surface area contributed by atoms with E-state index < -0.39 is 0 Å². The fourth-order valence-electron chi connectivity index (χ4n) is 5.79. The summed E-state index contributed by atoms with van der Waals surface area (Å²) in [6.45, 7) is 10.7. The van der Waals surface area contributed by atoms with Crippen LogP contribution in [0.4, 0.5) is 15.8 Å². The first kappa shape index (κ1) is 30.9. The zero-order valence-electron chi connectivity index (χ0n) is 25.1. The lowest BCUT2D eigenvalue weighted by molar-refractivity contribution is -0.115. The van der Waals surface area contributed by atoms with Gasteiger partial charge in [-0.25, -0.2) is 0 Å². The Balaban J connectivity index is 0.000000972. The van der Waals surface area contributed by atoms with Gasteiger partial charge in [0.25, 0.3) is 11.8 Å². The Morgan fingerprint density at radius 2 is 1.83 bits per heavy atom. The molecule has 2 fully saturated rings. The van der Waals surface area contributed by atoms with E-state index in [0.717, 1.165) is 66.9 Å². The van der Waals surface area contributed by atoms with Gasteiger partial charge in [-0.15, -0.1) is 0 Å². The summed E-state index contributed by atoms with van der Waals surface area (Å²) in [6, 6.07) is 15.8. The fourth-order valence-corrected chi connectivity index (χ4v) is 5.79. The van der Waals surface area contributed by atoms with Crippen molar-refractivity contribution < 1.29 is 18.5 Å². The Morgan fingerprint density at radius 3 is 2.45 bits per heavy atom. The number of nitrogens with one attached hydrogen (secondary N) is 1. The number of anilines is 2. The van der Waals surface area contributed by atoms with Crippen LogP contribution in [0, 0.1) is 5.41 Å². The van der Waals surface area contributed by atoms with Crippen molar-refractivity contribution in [1.29, 1.82) is 0 Å². The molecule has 1 heterocycles. The zero-order chi connectivity index (χ0) is 30.3. The van der Waals surface area contributed by atoms with Gasteiger partial charge in [0.15, 0.2) is 5.82 Å². The van der Waals surface area contributed by atoms with Gasteiger partial charge in [0.05, 0.1) is 7.18 Å². The number of fused-ring (bicyclic) bond motifs is 2. The molecule has 2 bridgehead atoms. The van der Waals surface area contributed by atoms with Crippen molar-refractivity contribution in [2.24, 2.45) is 5.41 Å². The second-order valence-electron chi connectivity index (χ2n) is 10.9. The van der Waals surface area contributed by atoms with E-state index in [1.807, 2.05) is 68.1 Å². The summed E-state index contributed by atoms with van der Waals surface area (Å²) >= 11 is 0. The normalized spacial score (nSPS) is 16.1. The molecule has 7 nitrogen and oxygen atoms in total. The average molecular weight is 573 g/mol. The van der Waals surface area contributed by atoms with Crippen LogP contribution in [0.15, 0.2) is 70.8 Å². The second kappa shape index (κ2) is 13.7. The molecule has 1 aromatic heterocycles. The molecule has 7 rings (SSSR count). The van der Waals surface area contributed by atoms with Crippen LogP contribution in [0.2, 0.25) is 0 Å². The van der Waals surface area contributed by atoms with Crippen molar-refractivity contribution in [3.63, 3.8) is 0 Å². The molecule has 0 atom stereocenters. The predicted octanol–water partition coefficient (Wildman–Crippen LogP) is 8.12. The molecule has 2 saturated carbocycles. The van der Waals surface area contributed by atoms with E-state index in [0.29, 0.717) is 43.9 Å². The smallest absolute Gasteiger partial charge is 0.253 e. The van der Waals surface area contributed by atoms with E-state index >= 15 is 0 Å². The van der Waals surface area contributed by atoms with Gasteiger partial charge >= 0.3 is 0 Å². The summed E-state index contributed by atoms with van der Waals surface area (Å²) in [4.78, 5) is 31.1. The number of nitrogens with zero attached hydrogens (tertiary/aromatic N) is 3. The van der Waals surface area contributed by atoms with E-state index in [1.54, 1.807) is 0 Å². The van der Waals surface area contributed by atoms with Crippen LogP contribution in [0.25, 0.3) is 16.7 Å². The molecule has 4 aliphatic carbocycles. The first-order chi connectivity index (χ1) is 20.5. The lowest BCUT2D eigenvalue weighted by atomic mass is 9.57. The molecule has 0 spiro atoms. The van der Waals surface area contributed by atoms with Crippen molar-refractivity contribution in [1.82, 2.24) is 10.1 Å². The number of carbonyl (C=O) groups excluding carboxylic acids is 2. The van der Waals surface area contributed by atoms with Gasteiger partial charge in [0, 0.05) is 35.0 Å². The third-order valence-corrected chi connectivity index (χ3v) is 8.20. The van der Waals surface area contributed by atoms with E-state index in [9.17, 15) is 14.0 Å². The number of halogens is 1. The molecule has 8 heteroatoms. The van der Waals surface area contributed by atoms with Crippen molar-refractivity contribution in [2.75, 3.05) is 23.9 Å². The van der Waals surface area contributed by atoms with Crippen molar-refractivity contribution in [3.8, 4) is 11.1 Å². The summed E-state index contributed by atoms with van der Waals surface area (Å²) in [7, 11) is 0.500. The lowest BCUT2D eigenvalue weighted by Crippen LogP contribution is -2.48. The minimum absolute atomic E-state index is 0.0235. The molecule has 0 radical (unpaired) electrons. The first-order valence-electron chi connectivity index (χ1n) is 14.8. The third-order valence-electron chi connectivity index (χ3n) is 8.20. The summed E-state index contributed by atoms with van der Waals surface area (Å²) in [5.41, 5.74) is 6.80. The number of benzene rings is 2. The highest BCUT2D eigenvalue weighted by Crippen LogP contribution is 2.57. The van der Waals surface area contributed by atoms with Crippen molar-refractivity contribution in [3.05, 3.63) is 78.0 Å². The van der Waals surface area contributed by atoms with E-state index in [-0.39, 0.29) is 11.3 Å². The van der Waals surface area contributed by atoms with Crippen LogP contribution in [0.1, 0.15) is 83.3 Å². The molecule has 1 N–H and O–H groups in total. The van der Waals surface area contributed by atoms with Crippen LogP contribution in [0.5, 0.6) is 0 Å². The molecular formula is C34H41FN4O3. The summed E-state index contributed by atoms with van der Waals surface area (Å²) in [6.07, 6.45) is 7.37. The maximum atomic E-state index is 13.6. The molecule has 2 aromatic carbocycles. The lowest BCUT2D eigenvalue weighted by Gasteiger charge is -2.51. The summed E-state index contributed by atoms with van der Waals surface area (Å²) in [5.74, 6) is 2.01. The maximum absolute atomic E-state index is 13.6. The fraction of sp³-hybridized carbons (Fsp3) is 0.412. The van der Waals surface area contributed by atoms with Gasteiger partial charge in [-0.1, -0.05) is 62.3 Å². The number of aromatic nitrogens is 2. The Labute approximate surface area is 247 Å². The molecule has 0 unspecified atom stereocenters. The highest BCUT2D eigenvalue weighted by atomic mass is 19.1. The van der Waals surface area contributed by atoms with Crippen LogP contribution < -0.4 is 10.2 Å². The van der Waals surface area contributed by atoms with Gasteiger partial charge in [-0.05, 0) is 85.8 Å². The number of hydrogen-bond donors (Lipinski definition) is 1. The molecular weight excluding hydrogens is 531 g/mol. The summed E-state index contributed by atoms with van der Waals surface area (Å²) < 4.78 is 15.1. The van der Waals surface area contributed by atoms with Gasteiger partial charge in [-0.2, -0.15) is 4.98 Å². The van der Waals surface area contributed by atoms with E-state index in [4.69, 9.17) is 4.52 Å². The van der Waals surface area contributed by atoms with Crippen LogP contribution in [0.3, 0.4) is 0 Å². The monoisotopic (exact) mass is 572 g/mol. The van der Waals surface area contributed by atoms with Crippen LogP contribution >= 0.6 is 0 Å². The number of amides is 2. The summed E-state index contributed by atoms with van der Waals surface area (Å²) in [5, 5.41) is 6.92. The molecule has 0 saturated heterocycles. The van der Waals surface area contributed by atoms with Gasteiger partial charge in [0.2, 0.25) is 6.41 Å². The molecule has 3 aromatic rings.